The molecule has 1 aromatic heterocycles. The highest BCUT2D eigenvalue weighted by atomic mass is 32.2. The highest BCUT2D eigenvalue weighted by Crippen LogP contribution is 2.20. The lowest BCUT2D eigenvalue weighted by Gasteiger charge is -2.10. The molecule has 20 heavy (non-hydrogen) atoms. The average Bonchev–Trinajstić information content (AvgIpc) is 2.98. The van der Waals surface area contributed by atoms with Crippen LogP contribution in [-0.4, -0.2) is 18.4 Å². The molecule has 5 nitrogen and oxygen atoms in total. The van der Waals surface area contributed by atoms with Crippen LogP contribution in [0.25, 0.3) is 0 Å². The van der Waals surface area contributed by atoms with Gasteiger partial charge < -0.3 is 4.98 Å². The molecule has 1 aromatic carbocycles. The molecule has 0 saturated heterocycles. The Labute approximate surface area is 119 Å². The van der Waals surface area contributed by atoms with Crippen molar-refractivity contribution in [2.75, 3.05) is 0 Å². The lowest BCUT2D eigenvalue weighted by Crippen LogP contribution is -2.23. The second-order valence-corrected chi connectivity index (χ2v) is 6.51. The molecule has 0 bridgehead atoms. The maximum absolute atomic E-state index is 12.1. The fourth-order valence-corrected chi connectivity index (χ4v) is 2.84. The van der Waals surface area contributed by atoms with Gasteiger partial charge in [-0.15, -0.1) is 0 Å². The zero-order chi connectivity index (χ0) is 14.6. The van der Waals surface area contributed by atoms with Crippen molar-refractivity contribution in [1.29, 1.82) is 0 Å². The van der Waals surface area contributed by atoms with E-state index in [1.54, 1.807) is 24.5 Å². The number of aromatic amines is 1. The van der Waals surface area contributed by atoms with Crippen molar-refractivity contribution in [3.63, 3.8) is 0 Å². The maximum Gasteiger partial charge on any atom is 0.240 e. The number of benzene rings is 1. The lowest BCUT2D eigenvalue weighted by molar-refractivity contribution is 0.579. The summed E-state index contributed by atoms with van der Waals surface area (Å²) in [7, 11) is -3.50. The number of rotatable bonds is 6. The van der Waals surface area contributed by atoms with Crippen LogP contribution >= 0.6 is 0 Å². The molecule has 1 unspecified atom stereocenters. The molecule has 0 spiro atoms. The van der Waals surface area contributed by atoms with Crippen molar-refractivity contribution in [1.82, 2.24) is 14.7 Å². The fraction of sp³-hybridized carbons (Fsp3) is 0.357. The van der Waals surface area contributed by atoms with Crippen LogP contribution in [0.3, 0.4) is 0 Å². The minimum atomic E-state index is -3.50. The summed E-state index contributed by atoms with van der Waals surface area (Å²) >= 11 is 0. The van der Waals surface area contributed by atoms with E-state index in [-0.39, 0.29) is 11.4 Å². The van der Waals surface area contributed by atoms with E-state index < -0.39 is 10.0 Å². The molecule has 1 atom stereocenters. The van der Waals surface area contributed by atoms with Crippen LogP contribution in [0.2, 0.25) is 0 Å². The predicted molar refractivity (Wildman–Crippen MR) is 77.8 cm³/mol. The summed E-state index contributed by atoms with van der Waals surface area (Å²) in [5, 5.41) is 0. The summed E-state index contributed by atoms with van der Waals surface area (Å²) in [5.74, 6) is 1.02. The largest absolute Gasteiger partial charge is 0.347 e. The van der Waals surface area contributed by atoms with Gasteiger partial charge in [-0.25, -0.2) is 18.1 Å². The third-order valence-electron chi connectivity index (χ3n) is 3.36. The standard InChI is InChI=1S/C14H19N3O2S/c1-3-11(2)12-4-6-13(7-5-12)20(18,19)17-10-14-15-8-9-16-14/h4-9,11,17H,3,10H2,1-2H3,(H,15,16). The van der Waals surface area contributed by atoms with E-state index in [0.717, 1.165) is 12.0 Å². The summed E-state index contributed by atoms with van der Waals surface area (Å²) in [6.45, 7) is 4.39. The normalized spacial score (nSPS) is 13.3. The molecule has 0 aliphatic carbocycles. The molecule has 108 valence electrons. The van der Waals surface area contributed by atoms with Crippen molar-refractivity contribution < 1.29 is 8.42 Å². The van der Waals surface area contributed by atoms with E-state index in [4.69, 9.17) is 0 Å². The Bertz CT molecular complexity index is 634. The van der Waals surface area contributed by atoms with Crippen molar-refractivity contribution in [2.45, 2.75) is 37.6 Å². The topological polar surface area (TPSA) is 74.8 Å². The van der Waals surface area contributed by atoms with E-state index in [1.165, 1.54) is 0 Å². The molecule has 0 amide bonds. The van der Waals surface area contributed by atoms with E-state index >= 15 is 0 Å². The Morgan fingerprint density at radius 2 is 2.00 bits per heavy atom. The molecule has 2 aromatic rings. The second kappa shape index (κ2) is 6.19. The van der Waals surface area contributed by atoms with Crippen molar-refractivity contribution in [3.8, 4) is 0 Å². The van der Waals surface area contributed by atoms with Crippen molar-refractivity contribution >= 4 is 10.0 Å². The van der Waals surface area contributed by atoms with Gasteiger partial charge in [-0.2, -0.15) is 0 Å². The van der Waals surface area contributed by atoms with Crippen LogP contribution < -0.4 is 4.72 Å². The first-order valence-electron chi connectivity index (χ1n) is 6.61. The minimum absolute atomic E-state index is 0.155. The summed E-state index contributed by atoms with van der Waals surface area (Å²) in [5.41, 5.74) is 1.15. The fourth-order valence-electron chi connectivity index (χ4n) is 1.85. The van der Waals surface area contributed by atoms with Crippen LogP contribution in [0.1, 0.15) is 37.6 Å². The number of H-pyrrole nitrogens is 1. The number of hydrogen-bond donors (Lipinski definition) is 2. The van der Waals surface area contributed by atoms with Gasteiger partial charge in [0, 0.05) is 12.4 Å². The molecular formula is C14H19N3O2S. The van der Waals surface area contributed by atoms with Gasteiger partial charge in [-0.05, 0) is 30.0 Å². The molecule has 0 radical (unpaired) electrons. The summed E-state index contributed by atoms with van der Waals surface area (Å²) < 4.78 is 26.8. The molecule has 2 rings (SSSR count). The number of hydrogen-bond acceptors (Lipinski definition) is 3. The van der Waals surface area contributed by atoms with Gasteiger partial charge in [0.15, 0.2) is 0 Å². The Morgan fingerprint density at radius 3 is 2.55 bits per heavy atom. The lowest BCUT2D eigenvalue weighted by atomic mass is 9.99. The Hall–Kier alpha value is -1.66. The van der Waals surface area contributed by atoms with E-state index in [9.17, 15) is 8.42 Å². The van der Waals surface area contributed by atoms with Crippen molar-refractivity contribution in [2.24, 2.45) is 0 Å². The Kier molecular flexibility index (Phi) is 4.57. The van der Waals surface area contributed by atoms with E-state index in [0.29, 0.717) is 11.7 Å². The molecule has 1 heterocycles. The van der Waals surface area contributed by atoms with Crippen LogP contribution in [0.15, 0.2) is 41.6 Å². The summed E-state index contributed by atoms with van der Waals surface area (Å²) in [6.07, 6.45) is 4.28. The van der Waals surface area contributed by atoms with Crippen LogP contribution in [0.4, 0.5) is 0 Å². The Balaban J connectivity index is 2.09. The van der Waals surface area contributed by atoms with E-state index in [2.05, 4.69) is 28.5 Å². The second-order valence-electron chi connectivity index (χ2n) is 4.74. The molecule has 0 saturated carbocycles. The molecule has 6 heteroatoms. The SMILES string of the molecule is CCC(C)c1ccc(S(=O)(=O)NCc2ncc[nH]2)cc1. The third-order valence-corrected chi connectivity index (χ3v) is 4.77. The van der Waals surface area contributed by atoms with Gasteiger partial charge in [0.05, 0.1) is 11.4 Å². The smallest absolute Gasteiger partial charge is 0.240 e. The van der Waals surface area contributed by atoms with Gasteiger partial charge in [-0.1, -0.05) is 26.0 Å². The molecule has 0 fully saturated rings. The van der Waals surface area contributed by atoms with Gasteiger partial charge in [0.1, 0.15) is 5.82 Å². The first-order chi connectivity index (χ1) is 9.53. The third kappa shape index (κ3) is 3.46. The van der Waals surface area contributed by atoms with Gasteiger partial charge in [0.25, 0.3) is 0 Å². The first-order valence-corrected chi connectivity index (χ1v) is 8.09. The number of aromatic nitrogens is 2. The number of nitrogens with one attached hydrogen (secondary N) is 2. The average molecular weight is 293 g/mol. The highest BCUT2D eigenvalue weighted by molar-refractivity contribution is 7.89. The summed E-state index contributed by atoms with van der Waals surface area (Å²) in [6, 6.07) is 7.03. The molecule has 0 aliphatic heterocycles. The van der Waals surface area contributed by atoms with E-state index in [1.807, 2.05) is 12.1 Å². The maximum atomic E-state index is 12.1. The van der Waals surface area contributed by atoms with Gasteiger partial charge in [0.2, 0.25) is 10.0 Å². The molecule has 2 N–H and O–H groups in total. The number of imidazole rings is 1. The Morgan fingerprint density at radius 1 is 1.30 bits per heavy atom. The van der Waals surface area contributed by atoms with Crippen molar-refractivity contribution in [3.05, 3.63) is 48.0 Å². The molecular weight excluding hydrogens is 274 g/mol. The summed E-state index contributed by atoms with van der Waals surface area (Å²) in [4.78, 5) is 7.11. The monoisotopic (exact) mass is 293 g/mol. The van der Waals surface area contributed by atoms with Gasteiger partial charge in [-0.3, -0.25) is 0 Å². The van der Waals surface area contributed by atoms with Crippen LogP contribution in [0, 0.1) is 0 Å². The number of sulfonamides is 1. The predicted octanol–water partition coefficient (Wildman–Crippen LogP) is 2.40. The quantitative estimate of drug-likeness (QED) is 0.858. The number of nitrogens with zero attached hydrogens (tertiary/aromatic N) is 1. The van der Waals surface area contributed by atoms with Crippen LogP contribution in [0.5, 0.6) is 0 Å². The highest BCUT2D eigenvalue weighted by Gasteiger charge is 2.14. The minimum Gasteiger partial charge on any atom is -0.347 e. The van der Waals surface area contributed by atoms with Crippen LogP contribution in [-0.2, 0) is 16.6 Å². The zero-order valence-electron chi connectivity index (χ0n) is 11.6. The van der Waals surface area contributed by atoms with Gasteiger partial charge >= 0.3 is 0 Å². The molecule has 0 aliphatic rings. The first kappa shape index (κ1) is 14.7. The zero-order valence-corrected chi connectivity index (χ0v) is 12.4.